The van der Waals surface area contributed by atoms with Crippen LogP contribution in [0, 0.1) is 0 Å². The fourth-order valence-corrected chi connectivity index (χ4v) is 1.46. The fourth-order valence-electron chi connectivity index (χ4n) is 0.897. The molecule has 2 N–H and O–H groups in total. The smallest absolute Gasteiger partial charge is 0.306 e. The first-order valence-electron chi connectivity index (χ1n) is 3.58. The zero-order valence-electron chi connectivity index (χ0n) is 6.81. The van der Waals surface area contributed by atoms with Gasteiger partial charge >= 0.3 is 5.97 Å². The summed E-state index contributed by atoms with van der Waals surface area (Å²) >= 11 is 11.2. The molecule has 0 radical (unpaired) electrons. The summed E-state index contributed by atoms with van der Waals surface area (Å²) in [4.78, 5) is 17.5. The molecule has 0 aliphatic heterocycles. The van der Waals surface area contributed by atoms with Crippen LogP contribution in [0.1, 0.15) is 18.1 Å². The average molecular weight is 237 g/mol. The van der Waals surface area contributed by atoms with Crippen LogP contribution in [0.25, 0.3) is 0 Å². The van der Waals surface area contributed by atoms with E-state index in [9.17, 15) is 9.90 Å². The van der Waals surface area contributed by atoms with Gasteiger partial charge in [0.2, 0.25) is 0 Å². The summed E-state index contributed by atoms with van der Waals surface area (Å²) in [6, 6.07) is 0. The van der Waals surface area contributed by atoms with Crippen molar-refractivity contribution in [3.05, 3.63) is 22.2 Å². The summed E-state index contributed by atoms with van der Waals surface area (Å²) in [6.45, 7) is 0. The van der Waals surface area contributed by atoms with Crippen molar-refractivity contribution in [2.24, 2.45) is 0 Å². The lowest BCUT2D eigenvalue weighted by Crippen LogP contribution is -2.07. The summed E-state index contributed by atoms with van der Waals surface area (Å²) in [5, 5.41) is 17.8. The molecule has 0 aromatic carbocycles. The third-order valence-corrected chi connectivity index (χ3v) is 2.09. The molecule has 7 heteroatoms. The number of aliphatic hydroxyl groups is 1. The number of nitrogens with zero attached hydrogens (tertiary/aromatic N) is 2. The molecule has 0 bridgehead atoms. The Kier molecular flexibility index (Phi) is 3.62. The predicted octanol–water partition coefficient (Wildman–Crippen LogP) is 1.29. The second kappa shape index (κ2) is 4.54. The molecule has 0 fully saturated rings. The van der Waals surface area contributed by atoms with Crippen LogP contribution < -0.4 is 0 Å². The van der Waals surface area contributed by atoms with Crippen molar-refractivity contribution in [1.82, 2.24) is 9.97 Å². The standard InChI is InChI=1S/C7H6Cl2N2O3/c8-6-5(3(12)1-4(13)14)7(9)11-2-10-6/h2-3,12H,1H2,(H,13,14)/t3-/m0/s1. The number of hydrogen-bond donors (Lipinski definition) is 2. The van der Waals surface area contributed by atoms with Gasteiger partial charge in [0, 0.05) is 0 Å². The number of halogens is 2. The van der Waals surface area contributed by atoms with E-state index in [1.807, 2.05) is 0 Å². The number of carboxylic acid groups (broad SMARTS) is 1. The van der Waals surface area contributed by atoms with Gasteiger partial charge in [-0.25, -0.2) is 9.97 Å². The highest BCUT2D eigenvalue weighted by Crippen LogP contribution is 2.28. The first-order chi connectivity index (χ1) is 6.52. The quantitative estimate of drug-likeness (QED) is 0.774. The molecule has 0 spiro atoms. The van der Waals surface area contributed by atoms with E-state index in [0.29, 0.717) is 0 Å². The number of aliphatic carboxylic acids is 1. The maximum absolute atomic E-state index is 10.3. The third-order valence-electron chi connectivity index (χ3n) is 1.49. The number of carboxylic acids is 1. The molecule has 14 heavy (non-hydrogen) atoms. The normalized spacial score (nSPS) is 12.5. The monoisotopic (exact) mass is 236 g/mol. The van der Waals surface area contributed by atoms with E-state index >= 15 is 0 Å². The van der Waals surface area contributed by atoms with Crippen LogP contribution >= 0.6 is 23.2 Å². The Morgan fingerprint density at radius 2 is 1.93 bits per heavy atom. The lowest BCUT2D eigenvalue weighted by molar-refractivity contribution is -0.139. The highest BCUT2D eigenvalue weighted by molar-refractivity contribution is 6.34. The van der Waals surface area contributed by atoms with Crippen LogP contribution in [-0.4, -0.2) is 26.2 Å². The molecular weight excluding hydrogens is 231 g/mol. The highest BCUT2D eigenvalue weighted by atomic mass is 35.5. The maximum atomic E-state index is 10.3. The Morgan fingerprint density at radius 1 is 1.43 bits per heavy atom. The van der Waals surface area contributed by atoms with E-state index in [0.717, 1.165) is 6.33 Å². The molecule has 1 aromatic heterocycles. The molecule has 0 unspecified atom stereocenters. The minimum Gasteiger partial charge on any atom is -0.481 e. The molecule has 0 saturated heterocycles. The fraction of sp³-hybridized carbons (Fsp3) is 0.286. The van der Waals surface area contributed by atoms with Gasteiger partial charge in [-0.15, -0.1) is 0 Å². The van der Waals surface area contributed by atoms with E-state index in [4.69, 9.17) is 28.3 Å². The van der Waals surface area contributed by atoms with Crippen LogP contribution in [-0.2, 0) is 4.79 Å². The van der Waals surface area contributed by atoms with Gasteiger partial charge in [-0.05, 0) is 0 Å². The molecule has 5 nitrogen and oxygen atoms in total. The molecule has 1 atom stereocenters. The number of aromatic nitrogens is 2. The molecule has 0 aliphatic carbocycles. The Balaban J connectivity index is 2.99. The van der Waals surface area contributed by atoms with Crippen molar-refractivity contribution in [2.75, 3.05) is 0 Å². The van der Waals surface area contributed by atoms with Gasteiger partial charge in [0.1, 0.15) is 16.6 Å². The van der Waals surface area contributed by atoms with Gasteiger partial charge < -0.3 is 10.2 Å². The summed E-state index contributed by atoms with van der Waals surface area (Å²) < 4.78 is 0. The van der Waals surface area contributed by atoms with Gasteiger partial charge in [0.05, 0.1) is 18.1 Å². The third kappa shape index (κ3) is 2.54. The van der Waals surface area contributed by atoms with E-state index < -0.39 is 18.5 Å². The van der Waals surface area contributed by atoms with Crippen molar-refractivity contribution in [3.63, 3.8) is 0 Å². The van der Waals surface area contributed by atoms with Crippen molar-refractivity contribution in [2.45, 2.75) is 12.5 Å². The van der Waals surface area contributed by atoms with Crippen molar-refractivity contribution in [3.8, 4) is 0 Å². The lowest BCUT2D eigenvalue weighted by atomic mass is 10.1. The Hall–Kier alpha value is -0.910. The van der Waals surface area contributed by atoms with Crippen LogP contribution in [0.15, 0.2) is 6.33 Å². The maximum Gasteiger partial charge on any atom is 0.306 e. The largest absolute Gasteiger partial charge is 0.481 e. The summed E-state index contributed by atoms with van der Waals surface area (Å²) in [6.07, 6.45) is -0.664. The minimum atomic E-state index is -1.30. The number of carbonyl (C=O) groups is 1. The first-order valence-corrected chi connectivity index (χ1v) is 4.33. The molecule has 0 aliphatic rings. The van der Waals surface area contributed by atoms with Crippen LogP contribution in [0.3, 0.4) is 0 Å². The highest BCUT2D eigenvalue weighted by Gasteiger charge is 2.19. The van der Waals surface area contributed by atoms with E-state index in [2.05, 4.69) is 9.97 Å². The molecule has 1 aromatic rings. The Bertz CT molecular complexity index is 339. The molecule has 1 heterocycles. The lowest BCUT2D eigenvalue weighted by Gasteiger charge is -2.09. The van der Waals surface area contributed by atoms with Crippen LogP contribution in [0.5, 0.6) is 0 Å². The van der Waals surface area contributed by atoms with Crippen LogP contribution in [0.4, 0.5) is 0 Å². The van der Waals surface area contributed by atoms with E-state index in [-0.39, 0.29) is 15.9 Å². The van der Waals surface area contributed by atoms with Gasteiger partial charge in [0.25, 0.3) is 0 Å². The molecular formula is C7H6Cl2N2O3. The van der Waals surface area contributed by atoms with E-state index in [1.165, 1.54) is 0 Å². The Labute approximate surface area is 89.3 Å². The van der Waals surface area contributed by atoms with Crippen molar-refractivity contribution < 1.29 is 15.0 Å². The minimum absolute atomic E-state index is 0.0400. The SMILES string of the molecule is O=C(O)C[C@H](O)c1c(Cl)ncnc1Cl. The van der Waals surface area contributed by atoms with Crippen LogP contribution in [0.2, 0.25) is 10.3 Å². The first kappa shape index (κ1) is 11.2. The van der Waals surface area contributed by atoms with Gasteiger partial charge in [-0.2, -0.15) is 0 Å². The zero-order chi connectivity index (χ0) is 10.7. The summed E-state index contributed by atoms with van der Waals surface area (Å²) in [5.74, 6) is -1.16. The number of rotatable bonds is 3. The topological polar surface area (TPSA) is 83.3 Å². The van der Waals surface area contributed by atoms with Crippen molar-refractivity contribution in [1.29, 1.82) is 0 Å². The Morgan fingerprint density at radius 3 is 2.36 bits per heavy atom. The molecule has 76 valence electrons. The summed E-state index contributed by atoms with van der Waals surface area (Å²) in [5.41, 5.74) is 0.0400. The number of aliphatic hydroxyl groups excluding tert-OH is 1. The average Bonchev–Trinajstić information content (AvgIpc) is 2.01. The predicted molar refractivity (Wildman–Crippen MR) is 49.3 cm³/mol. The molecule has 0 amide bonds. The van der Waals surface area contributed by atoms with Crippen molar-refractivity contribution >= 4 is 29.2 Å². The second-order valence-corrected chi connectivity index (χ2v) is 3.20. The summed E-state index contributed by atoms with van der Waals surface area (Å²) in [7, 11) is 0. The zero-order valence-corrected chi connectivity index (χ0v) is 8.33. The second-order valence-electron chi connectivity index (χ2n) is 2.48. The van der Waals surface area contributed by atoms with Gasteiger partial charge in [-0.1, -0.05) is 23.2 Å². The number of hydrogen-bond acceptors (Lipinski definition) is 4. The molecule has 1 rings (SSSR count). The van der Waals surface area contributed by atoms with Gasteiger partial charge in [0.15, 0.2) is 0 Å². The molecule has 0 saturated carbocycles. The van der Waals surface area contributed by atoms with E-state index in [1.54, 1.807) is 0 Å². The van der Waals surface area contributed by atoms with Gasteiger partial charge in [-0.3, -0.25) is 4.79 Å².